The van der Waals surface area contributed by atoms with Gasteiger partial charge in [-0.3, -0.25) is 0 Å². The molecule has 0 saturated heterocycles. The number of benzene rings is 1. The Morgan fingerprint density at radius 3 is 2.32 bits per heavy atom. The average molecular weight is 331 g/mol. The molecule has 0 bridgehead atoms. The summed E-state index contributed by atoms with van der Waals surface area (Å²) in [6, 6.07) is 4.74. The van der Waals surface area contributed by atoms with E-state index in [4.69, 9.17) is 5.11 Å². The van der Waals surface area contributed by atoms with Crippen molar-refractivity contribution >= 4 is 10.0 Å². The van der Waals surface area contributed by atoms with Crippen LogP contribution in [0.15, 0.2) is 29.2 Å². The zero-order valence-electron chi connectivity index (χ0n) is 13.1. The van der Waals surface area contributed by atoms with Gasteiger partial charge in [0.1, 0.15) is 5.82 Å². The second-order valence-electron chi connectivity index (χ2n) is 5.49. The Hall–Kier alpha value is -0.980. The maximum Gasteiger partial charge on any atom is 0.240 e. The molecule has 0 heterocycles. The van der Waals surface area contributed by atoms with E-state index in [9.17, 15) is 12.8 Å². The molecule has 0 radical (unpaired) electrons. The molecule has 126 valence electrons. The Morgan fingerprint density at radius 1 is 1.09 bits per heavy atom. The SMILES string of the molecule is CCCCC(CCCCCO)NS(=O)(=O)c1ccc(F)cc1. The second-order valence-corrected chi connectivity index (χ2v) is 7.20. The van der Waals surface area contributed by atoms with E-state index in [-0.39, 0.29) is 17.5 Å². The van der Waals surface area contributed by atoms with Crippen LogP contribution in [-0.4, -0.2) is 26.2 Å². The van der Waals surface area contributed by atoms with Gasteiger partial charge in [0.25, 0.3) is 0 Å². The van der Waals surface area contributed by atoms with E-state index in [1.165, 1.54) is 12.1 Å². The highest BCUT2D eigenvalue weighted by molar-refractivity contribution is 7.89. The van der Waals surface area contributed by atoms with E-state index < -0.39 is 15.8 Å². The van der Waals surface area contributed by atoms with Gasteiger partial charge < -0.3 is 5.11 Å². The molecule has 0 amide bonds. The first-order valence-corrected chi connectivity index (χ1v) is 9.36. The topological polar surface area (TPSA) is 66.4 Å². The van der Waals surface area contributed by atoms with Gasteiger partial charge in [0.15, 0.2) is 0 Å². The highest BCUT2D eigenvalue weighted by Gasteiger charge is 2.19. The van der Waals surface area contributed by atoms with Crippen molar-refractivity contribution in [2.75, 3.05) is 6.61 Å². The van der Waals surface area contributed by atoms with Crippen LogP contribution in [0.2, 0.25) is 0 Å². The number of unbranched alkanes of at least 4 members (excludes halogenated alkanes) is 3. The van der Waals surface area contributed by atoms with Gasteiger partial charge in [-0.2, -0.15) is 0 Å². The largest absolute Gasteiger partial charge is 0.396 e. The van der Waals surface area contributed by atoms with Gasteiger partial charge in [-0.1, -0.05) is 32.6 Å². The zero-order chi connectivity index (χ0) is 16.4. The second kappa shape index (κ2) is 9.92. The highest BCUT2D eigenvalue weighted by Crippen LogP contribution is 2.15. The molecule has 0 aliphatic rings. The predicted molar refractivity (Wildman–Crippen MR) is 85.6 cm³/mol. The predicted octanol–water partition coefficient (Wildman–Crippen LogP) is 3.22. The number of halogens is 1. The van der Waals surface area contributed by atoms with Crippen LogP contribution in [0.5, 0.6) is 0 Å². The molecule has 4 nitrogen and oxygen atoms in total. The van der Waals surface area contributed by atoms with Crippen LogP contribution in [0, 0.1) is 5.82 Å². The quantitative estimate of drug-likeness (QED) is 0.612. The summed E-state index contributed by atoms with van der Waals surface area (Å²) in [4.78, 5) is 0.0887. The van der Waals surface area contributed by atoms with Crippen molar-refractivity contribution in [3.63, 3.8) is 0 Å². The van der Waals surface area contributed by atoms with E-state index >= 15 is 0 Å². The average Bonchev–Trinajstić information content (AvgIpc) is 2.49. The summed E-state index contributed by atoms with van der Waals surface area (Å²) in [6.07, 6.45) is 6.00. The van der Waals surface area contributed by atoms with Gasteiger partial charge in [0, 0.05) is 12.6 Å². The fourth-order valence-corrected chi connectivity index (χ4v) is 3.60. The molecule has 2 N–H and O–H groups in total. The molecule has 22 heavy (non-hydrogen) atoms. The summed E-state index contributed by atoms with van der Waals surface area (Å²) in [5.74, 6) is -0.453. The maximum absolute atomic E-state index is 12.9. The van der Waals surface area contributed by atoms with Crippen LogP contribution >= 0.6 is 0 Å². The third kappa shape index (κ3) is 6.85. The van der Waals surface area contributed by atoms with Crippen molar-refractivity contribution < 1.29 is 17.9 Å². The fourth-order valence-electron chi connectivity index (χ4n) is 2.29. The Morgan fingerprint density at radius 2 is 1.73 bits per heavy atom. The smallest absolute Gasteiger partial charge is 0.240 e. The van der Waals surface area contributed by atoms with Crippen LogP contribution in [0.3, 0.4) is 0 Å². The van der Waals surface area contributed by atoms with Crippen LogP contribution in [0.25, 0.3) is 0 Å². The minimum Gasteiger partial charge on any atom is -0.396 e. The van der Waals surface area contributed by atoms with Gasteiger partial charge in [-0.25, -0.2) is 17.5 Å². The van der Waals surface area contributed by atoms with Gasteiger partial charge in [-0.15, -0.1) is 0 Å². The lowest BCUT2D eigenvalue weighted by Gasteiger charge is -2.18. The Balaban J connectivity index is 2.67. The van der Waals surface area contributed by atoms with Crippen molar-refractivity contribution in [3.8, 4) is 0 Å². The number of hydrogen-bond acceptors (Lipinski definition) is 3. The summed E-state index contributed by atoms with van der Waals surface area (Å²) >= 11 is 0. The Bertz CT molecular complexity index is 517. The van der Waals surface area contributed by atoms with E-state index in [0.717, 1.165) is 57.1 Å². The first-order chi connectivity index (χ1) is 10.5. The summed E-state index contributed by atoms with van der Waals surface area (Å²) in [7, 11) is -3.62. The highest BCUT2D eigenvalue weighted by atomic mass is 32.2. The molecular formula is C16H26FNO3S. The lowest BCUT2D eigenvalue weighted by atomic mass is 10.0. The van der Waals surface area contributed by atoms with Crippen LogP contribution < -0.4 is 4.72 Å². The number of aliphatic hydroxyl groups excluding tert-OH is 1. The summed E-state index contributed by atoms with van der Waals surface area (Å²) in [6.45, 7) is 2.23. The molecule has 0 spiro atoms. The zero-order valence-corrected chi connectivity index (χ0v) is 13.9. The molecule has 0 aromatic heterocycles. The van der Waals surface area contributed by atoms with Crippen molar-refractivity contribution in [3.05, 3.63) is 30.1 Å². The first-order valence-electron chi connectivity index (χ1n) is 7.88. The van der Waals surface area contributed by atoms with E-state index in [1.54, 1.807) is 0 Å². The van der Waals surface area contributed by atoms with E-state index in [0.29, 0.717) is 0 Å². The van der Waals surface area contributed by atoms with Crippen LogP contribution in [0.4, 0.5) is 4.39 Å². The molecule has 0 fully saturated rings. The molecule has 1 aromatic carbocycles. The lowest BCUT2D eigenvalue weighted by Crippen LogP contribution is -2.34. The molecule has 0 aliphatic carbocycles. The maximum atomic E-state index is 12.9. The number of aliphatic hydroxyl groups is 1. The van der Waals surface area contributed by atoms with Gasteiger partial charge in [0.2, 0.25) is 10.0 Å². The van der Waals surface area contributed by atoms with Crippen molar-refractivity contribution in [1.82, 2.24) is 4.72 Å². The summed E-state index contributed by atoms with van der Waals surface area (Å²) < 4.78 is 40.3. The van der Waals surface area contributed by atoms with Crippen LogP contribution in [0.1, 0.15) is 51.9 Å². The van der Waals surface area contributed by atoms with Gasteiger partial charge in [0.05, 0.1) is 4.90 Å². The monoisotopic (exact) mass is 331 g/mol. The Kier molecular flexibility index (Phi) is 8.60. The number of hydrogen-bond donors (Lipinski definition) is 2. The molecule has 1 atom stereocenters. The molecular weight excluding hydrogens is 305 g/mol. The molecule has 0 saturated carbocycles. The first kappa shape index (κ1) is 19.1. The standard InChI is InChI=1S/C16H26FNO3S/c1-2-3-7-15(8-5-4-6-13-19)18-22(20,21)16-11-9-14(17)10-12-16/h9-12,15,18-19H,2-8,13H2,1H3. The normalized spacial score (nSPS) is 13.2. The molecule has 1 rings (SSSR count). The van der Waals surface area contributed by atoms with E-state index in [1.807, 2.05) is 0 Å². The van der Waals surface area contributed by atoms with Crippen molar-refractivity contribution in [2.24, 2.45) is 0 Å². The van der Waals surface area contributed by atoms with Crippen molar-refractivity contribution in [2.45, 2.75) is 62.8 Å². The third-order valence-electron chi connectivity index (χ3n) is 3.56. The number of rotatable bonds is 11. The minimum absolute atomic E-state index is 0.0887. The number of sulfonamides is 1. The van der Waals surface area contributed by atoms with E-state index in [2.05, 4.69) is 11.6 Å². The van der Waals surface area contributed by atoms with Gasteiger partial charge >= 0.3 is 0 Å². The number of nitrogens with one attached hydrogen (secondary N) is 1. The third-order valence-corrected chi connectivity index (χ3v) is 5.10. The molecule has 1 unspecified atom stereocenters. The summed E-state index contributed by atoms with van der Waals surface area (Å²) in [5, 5.41) is 8.79. The Labute approximate surface area is 132 Å². The molecule has 6 heteroatoms. The fraction of sp³-hybridized carbons (Fsp3) is 0.625. The summed E-state index contributed by atoms with van der Waals surface area (Å²) in [5.41, 5.74) is 0. The van der Waals surface area contributed by atoms with Crippen LogP contribution in [-0.2, 0) is 10.0 Å². The molecule has 1 aromatic rings. The lowest BCUT2D eigenvalue weighted by molar-refractivity contribution is 0.281. The molecule has 0 aliphatic heterocycles. The van der Waals surface area contributed by atoms with Gasteiger partial charge in [-0.05, 0) is 43.5 Å². The minimum atomic E-state index is -3.62. The van der Waals surface area contributed by atoms with Crippen molar-refractivity contribution in [1.29, 1.82) is 0 Å².